The van der Waals surface area contributed by atoms with Gasteiger partial charge >= 0.3 is 0 Å². The normalized spacial score (nSPS) is 11.9. The first kappa shape index (κ1) is 20.7. The molecular weight excluding hydrogens is 492 g/mol. The van der Waals surface area contributed by atoms with Crippen molar-refractivity contribution in [3.8, 4) is 0 Å². The molecule has 1 heterocycles. The molecule has 1 aromatic heterocycles. The number of rotatable bonds is 5. The second-order valence-electron chi connectivity index (χ2n) is 6.39. The molecule has 0 aliphatic carbocycles. The Bertz CT molecular complexity index is 1070. The van der Waals surface area contributed by atoms with E-state index in [1.807, 2.05) is 41.6 Å². The number of pyridine rings is 1. The number of halogens is 2. The summed E-state index contributed by atoms with van der Waals surface area (Å²) in [5.74, 6) is -0.110. The molecule has 0 fully saturated rings. The number of hydrogen-bond acceptors (Lipinski definition) is 4. The Labute approximate surface area is 179 Å². The first-order chi connectivity index (χ1) is 13.3. The standard InChI is InChI=1S/C20H19FIN3O2S/c1-12-4-7-15(8-5-12)28(27)24-18-10-13(2)20(26)25(3)19(18)23-17-9-6-14(22)11-16(17)21/h4-11,23-24H,1-3H3. The van der Waals surface area contributed by atoms with E-state index in [1.54, 1.807) is 44.3 Å². The number of benzene rings is 2. The van der Waals surface area contributed by atoms with Gasteiger partial charge in [0.05, 0.1) is 5.69 Å². The van der Waals surface area contributed by atoms with Crippen LogP contribution in [-0.4, -0.2) is 9.12 Å². The van der Waals surface area contributed by atoms with Gasteiger partial charge in [0.25, 0.3) is 5.56 Å². The average Bonchev–Trinajstić information content (AvgIpc) is 2.65. The number of aromatic nitrogens is 1. The van der Waals surface area contributed by atoms with Gasteiger partial charge in [-0.05, 0) is 72.8 Å². The van der Waals surface area contributed by atoms with E-state index < -0.39 is 17.2 Å². The second kappa shape index (κ2) is 8.54. The third-order valence-electron chi connectivity index (χ3n) is 4.22. The molecule has 0 spiro atoms. The number of aryl methyl sites for hydroxylation is 2. The Kier molecular flexibility index (Phi) is 6.31. The predicted octanol–water partition coefficient (Wildman–Crippen LogP) is 4.62. The van der Waals surface area contributed by atoms with Gasteiger partial charge in [0, 0.05) is 16.2 Å². The van der Waals surface area contributed by atoms with Crippen LogP contribution in [0.15, 0.2) is 58.2 Å². The second-order valence-corrected chi connectivity index (χ2v) is 8.85. The molecule has 3 rings (SSSR count). The van der Waals surface area contributed by atoms with Crippen molar-refractivity contribution in [2.45, 2.75) is 18.7 Å². The molecule has 146 valence electrons. The van der Waals surface area contributed by atoms with Crippen molar-refractivity contribution in [3.05, 3.63) is 79.4 Å². The highest BCUT2D eigenvalue weighted by atomic mass is 127. The van der Waals surface area contributed by atoms with Gasteiger partial charge in [0.2, 0.25) is 0 Å². The van der Waals surface area contributed by atoms with Crippen LogP contribution >= 0.6 is 22.6 Å². The zero-order valence-corrected chi connectivity index (χ0v) is 18.5. The zero-order valence-electron chi connectivity index (χ0n) is 15.5. The lowest BCUT2D eigenvalue weighted by Crippen LogP contribution is -2.24. The minimum Gasteiger partial charge on any atom is -0.588 e. The van der Waals surface area contributed by atoms with Crippen LogP contribution in [0.2, 0.25) is 0 Å². The van der Waals surface area contributed by atoms with Gasteiger partial charge in [-0.1, -0.05) is 17.7 Å². The van der Waals surface area contributed by atoms with Gasteiger partial charge in [-0.3, -0.25) is 9.36 Å². The Morgan fingerprint density at radius 1 is 1.07 bits per heavy atom. The van der Waals surface area contributed by atoms with Crippen molar-refractivity contribution in [2.75, 3.05) is 10.0 Å². The molecular formula is C20H19FIN3O2S. The Morgan fingerprint density at radius 3 is 2.39 bits per heavy atom. The molecule has 1 atom stereocenters. The van der Waals surface area contributed by atoms with Crippen LogP contribution in [0.5, 0.6) is 0 Å². The summed E-state index contributed by atoms with van der Waals surface area (Å²) in [5.41, 5.74) is 2.00. The van der Waals surface area contributed by atoms with E-state index in [0.717, 1.165) is 9.13 Å². The average molecular weight is 511 g/mol. The summed E-state index contributed by atoms with van der Waals surface area (Å²) < 4.78 is 32.1. The molecule has 0 radical (unpaired) electrons. The summed E-state index contributed by atoms with van der Waals surface area (Å²) in [7, 11) is 1.59. The summed E-state index contributed by atoms with van der Waals surface area (Å²) in [6.07, 6.45) is 0. The van der Waals surface area contributed by atoms with Crippen LogP contribution < -0.4 is 15.6 Å². The third kappa shape index (κ3) is 4.50. The predicted molar refractivity (Wildman–Crippen MR) is 120 cm³/mol. The SMILES string of the molecule is Cc1ccc([S+]([O-])Nc2cc(C)c(=O)n(C)c2Nc2ccc(I)cc2F)cc1. The monoisotopic (exact) mass is 511 g/mol. The van der Waals surface area contributed by atoms with Crippen LogP contribution in [0.1, 0.15) is 11.1 Å². The maximum absolute atomic E-state index is 14.3. The molecule has 3 aromatic rings. The van der Waals surface area contributed by atoms with E-state index in [0.29, 0.717) is 22.0 Å². The molecule has 0 aliphatic rings. The van der Waals surface area contributed by atoms with Gasteiger partial charge in [0.15, 0.2) is 4.90 Å². The minimum absolute atomic E-state index is 0.222. The fourth-order valence-corrected chi connectivity index (χ4v) is 3.97. The minimum atomic E-state index is -1.54. The molecule has 2 N–H and O–H groups in total. The number of hydrogen-bond donors (Lipinski definition) is 2. The van der Waals surface area contributed by atoms with Gasteiger partial charge in [-0.15, -0.1) is 0 Å². The van der Waals surface area contributed by atoms with Crippen LogP contribution in [0.4, 0.5) is 21.6 Å². The molecule has 1 unspecified atom stereocenters. The molecule has 28 heavy (non-hydrogen) atoms. The van der Waals surface area contributed by atoms with Crippen molar-refractivity contribution >= 4 is 51.1 Å². The fourth-order valence-electron chi connectivity index (χ4n) is 2.66. The maximum Gasteiger partial charge on any atom is 0.254 e. The highest BCUT2D eigenvalue weighted by Gasteiger charge is 2.18. The Hall–Kier alpha value is -2.04. The van der Waals surface area contributed by atoms with E-state index in [4.69, 9.17) is 0 Å². The third-order valence-corrected chi connectivity index (χ3v) is 5.99. The Balaban J connectivity index is 2.00. The summed E-state index contributed by atoms with van der Waals surface area (Å²) in [6, 6.07) is 13.7. The topological polar surface area (TPSA) is 69.1 Å². The van der Waals surface area contributed by atoms with E-state index >= 15 is 0 Å². The van der Waals surface area contributed by atoms with Crippen molar-refractivity contribution < 1.29 is 8.94 Å². The molecule has 0 bridgehead atoms. The van der Waals surface area contributed by atoms with Crippen LogP contribution in [0.3, 0.4) is 0 Å². The first-order valence-corrected chi connectivity index (χ1v) is 10.7. The summed E-state index contributed by atoms with van der Waals surface area (Å²) in [5, 5.41) is 2.96. The number of nitrogens with one attached hydrogen (secondary N) is 2. The van der Waals surface area contributed by atoms with Crippen LogP contribution in [0, 0.1) is 23.2 Å². The molecule has 0 saturated carbocycles. The highest BCUT2D eigenvalue weighted by molar-refractivity contribution is 14.1. The van der Waals surface area contributed by atoms with Gasteiger partial charge in [0.1, 0.15) is 28.7 Å². The summed E-state index contributed by atoms with van der Waals surface area (Å²) in [6.45, 7) is 3.63. The molecule has 0 aliphatic heterocycles. The van der Waals surface area contributed by atoms with Crippen molar-refractivity contribution in [1.82, 2.24) is 4.57 Å². The number of nitrogens with zero attached hydrogens (tertiary/aromatic N) is 1. The molecule has 0 saturated heterocycles. The van der Waals surface area contributed by atoms with E-state index in [2.05, 4.69) is 10.0 Å². The Morgan fingerprint density at radius 2 is 1.75 bits per heavy atom. The molecule has 5 nitrogen and oxygen atoms in total. The summed E-state index contributed by atoms with van der Waals surface area (Å²) >= 11 is 0.482. The largest absolute Gasteiger partial charge is 0.588 e. The maximum atomic E-state index is 14.3. The first-order valence-electron chi connectivity index (χ1n) is 8.44. The lowest BCUT2D eigenvalue weighted by molar-refractivity contribution is 0.600. The van der Waals surface area contributed by atoms with Crippen molar-refractivity contribution in [2.24, 2.45) is 7.05 Å². The highest BCUT2D eigenvalue weighted by Crippen LogP contribution is 2.29. The van der Waals surface area contributed by atoms with E-state index in [-0.39, 0.29) is 11.2 Å². The lowest BCUT2D eigenvalue weighted by atomic mass is 10.2. The molecule has 2 aromatic carbocycles. The van der Waals surface area contributed by atoms with Crippen molar-refractivity contribution in [3.63, 3.8) is 0 Å². The lowest BCUT2D eigenvalue weighted by Gasteiger charge is -2.19. The molecule has 0 amide bonds. The van der Waals surface area contributed by atoms with Gasteiger partial charge < -0.3 is 9.87 Å². The number of anilines is 3. The van der Waals surface area contributed by atoms with Crippen LogP contribution in [0.25, 0.3) is 0 Å². The van der Waals surface area contributed by atoms with Crippen LogP contribution in [-0.2, 0) is 18.4 Å². The summed E-state index contributed by atoms with van der Waals surface area (Å²) in [4.78, 5) is 13.0. The smallest absolute Gasteiger partial charge is 0.254 e. The molecule has 8 heteroatoms. The van der Waals surface area contributed by atoms with E-state index in [1.165, 1.54) is 10.6 Å². The van der Waals surface area contributed by atoms with Crippen molar-refractivity contribution in [1.29, 1.82) is 0 Å². The van der Waals surface area contributed by atoms with Gasteiger partial charge in [-0.25, -0.2) is 4.39 Å². The zero-order chi connectivity index (χ0) is 20.4. The fraction of sp³-hybridized carbons (Fsp3) is 0.150. The van der Waals surface area contributed by atoms with Gasteiger partial charge in [-0.2, -0.15) is 4.72 Å². The van der Waals surface area contributed by atoms with E-state index in [9.17, 15) is 13.7 Å². The quantitative estimate of drug-likeness (QED) is 0.388.